The minimum Gasteiger partial charge on any atom is -0.454 e. The highest BCUT2D eigenvalue weighted by Crippen LogP contribution is 2.32. The van der Waals surface area contributed by atoms with Gasteiger partial charge in [-0.2, -0.15) is 0 Å². The van der Waals surface area contributed by atoms with Crippen molar-refractivity contribution >= 4 is 23.2 Å². The van der Waals surface area contributed by atoms with E-state index in [1.54, 1.807) is 43.3 Å². The molecule has 1 aliphatic rings. The summed E-state index contributed by atoms with van der Waals surface area (Å²) in [5.74, 6) is 0.605. The molecular formula is C25H23N3O5. The Hall–Kier alpha value is -4.33. The average Bonchev–Trinajstić information content (AvgIpc) is 3.31. The van der Waals surface area contributed by atoms with E-state index >= 15 is 0 Å². The highest BCUT2D eigenvalue weighted by molar-refractivity contribution is 6.04. The molecule has 2 N–H and O–H groups in total. The molecule has 0 spiro atoms. The molecule has 2 amide bonds. The summed E-state index contributed by atoms with van der Waals surface area (Å²) in [6.45, 7) is 2.04. The molecule has 4 rings (SSSR count). The lowest BCUT2D eigenvalue weighted by molar-refractivity contribution is -0.120. The zero-order valence-electron chi connectivity index (χ0n) is 18.0. The van der Waals surface area contributed by atoms with E-state index in [0.717, 1.165) is 11.1 Å². The second-order valence-corrected chi connectivity index (χ2v) is 7.28. The molecule has 33 heavy (non-hydrogen) atoms. The fourth-order valence-electron chi connectivity index (χ4n) is 3.21. The molecule has 0 saturated carbocycles. The third-order valence-corrected chi connectivity index (χ3v) is 4.93. The quantitative estimate of drug-likeness (QED) is 0.407. The van der Waals surface area contributed by atoms with E-state index in [-0.39, 0.29) is 19.3 Å². The maximum atomic E-state index is 12.6. The molecule has 168 valence electrons. The number of hydrogen-bond acceptors (Lipinski definition) is 6. The number of benzene rings is 3. The second kappa shape index (κ2) is 10.3. The van der Waals surface area contributed by atoms with Crippen LogP contribution in [0.25, 0.3) is 0 Å². The number of ether oxygens (including phenoxy) is 2. The normalized spacial score (nSPS) is 12.2. The Morgan fingerprint density at radius 3 is 2.58 bits per heavy atom. The SMILES string of the molecule is CC(=NOCC(=O)Nc1ccccc1C(=O)NCc1ccccc1)c1ccc2c(c1)OCO2. The summed E-state index contributed by atoms with van der Waals surface area (Å²) in [6, 6.07) is 21.8. The zero-order valence-corrected chi connectivity index (χ0v) is 18.0. The van der Waals surface area contributed by atoms with E-state index in [2.05, 4.69) is 15.8 Å². The number of nitrogens with one attached hydrogen (secondary N) is 2. The van der Waals surface area contributed by atoms with Crippen LogP contribution in [0.3, 0.4) is 0 Å². The van der Waals surface area contributed by atoms with Gasteiger partial charge in [-0.3, -0.25) is 9.59 Å². The standard InChI is InChI=1S/C25H23N3O5/c1-17(19-11-12-22-23(13-19)32-16-31-22)28-33-15-24(29)27-21-10-6-5-9-20(21)25(30)26-14-18-7-3-2-4-8-18/h2-13H,14-16H2,1H3,(H,26,30)(H,27,29). The van der Waals surface area contributed by atoms with E-state index in [1.807, 2.05) is 36.4 Å². The van der Waals surface area contributed by atoms with Crippen molar-refractivity contribution in [1.82, 2.24) is 5.32 Å². The van der Waals surface area contributed by atoms with Gasteiger partial charge < -0.3 is 24.9 Å². The van der Waals surface area contributed by atoms with Crippen LogP contribution < -0.4 is 20.1 Å². The molecule has 3 aromatic rings. The molecule has 8 nitrogen and oxygen atoms in total. The van der Waals surface area contributed by atoms with E-state index in [9.17, 15) is 9.59 Å². The molecule has 3 aromatic carbocycles. The number of carbonyl (C=O) groups is 2. The van der Waals surface area contributed by atoms with Gasteiger partial charge in [-0.15, -0.1) is 0 Å². The maximum Gasteiger partial charge on any atom is 0.265 e. The van der Waals surface area contributed by atoms with Gasteiger partial charge in [-0.25, -0.2) is 0 Å². The van der Waals surface area contributed by atoms with Gasteiger partial charge in [0.1, 0.15) is 0 Å². The monoisotopic (exact) mass is 445 g/mol. The highest BCUT2D eigenvalue weighted by Gasteiger charge is 2.15. The lowest BCUT2D eigenvalue weighted by atomic mass is 10.1. The molecule has 0 aliphatic carbocycles. The molecular weight excluding hydrogens is 422 g/mol. The van der Waals surface area contributed by atoms with Crippen LogP contribution in [0, 0.1) is 0 Å². The van der Waals surface area contributed by atoms with Gasteiger partial charge in [0.05, 0.1) is 17.0 Å². The Labute approximate surface area is 191 Å². The number of anilines is 1. The summed E-state index contributed by atoms with van der Waals surface area (Å²) in [4.78, 5) is 30.2. The predicted octanol–water partition coefficient (Wildman–Crippen LogP) is 3.72. The van der Waals surface area contributed by atoms with Crippen LogP contribution in [-0.2, 0) is 16.2 Å². The molecule has 0 atom stereocenters. The van der Waals surface area contributed by atoms with Gasteiger partial charge in [0, 0.05) is 12.1 Å². The van der Waals surface area contributed by atoms with Crippen LogP contribution in [0.5, 0.6) is 11.5 Å². The molecule has 1 aliphatic heterocycles. The predicted molar refractivity (Wildman–Crippen MR) is 123 cm³/mol. The molecule has 8 heteroatoms. The van der Waals surface area contributed by atoms with Crippen molar-refractivity contribution in [3.05, 3.63) is 89.5 Å². The summed E-state index contributed by atoms with van der Waals surface area (Å²) in [5, 5.41) is 9.57. The third-order valence-electron chi connectivity index (χ3n) is 4.93. The number of carbonyl (C=O) groups excluding carboxylic acids is 2. The largest absolute Gasteiger partial charge is 0.454 e. The van der Waals surface area contributed by atoms with E-state index in [1.165, 1.54) is 0 Å². The fraction of sp³-hybridized carbons (Fsp3) is 0.160. The van der Waals surface area contributed by atoms with Crippen molar-refractivity contribution in [3.63, 3.8) is 0 Å². The molecule has 1 heterocycles. The highest BCUT2D eigenvalue weighted by atomic mass is 16.7. The minimum absolute atomic E-state index is 0.192. The average molecular weight is 445 g/mol. The molecule has 0 radical (unpaired) electrons. The zero-order chi connectivity index (χ0) is 23.0. The van der Waals surface area contributed by atoms with Crippen molar-refractivity contribution in [1.29, 1.82) is 0 Å². The summed E-state index contributed by atoms with van der Waals surface area (Å²) in [5.41, 5.74) is 3.12. The maximum absolute atomic E-state index is 12.6. The number of amides is 2. The van der Waals surface area contributed by atoms with E-state index in [4.69, 9.17) is 14.3 Å². The van der Waals surface area contributed by atoms with E-state index in [0.29, 0.717) is 35.0 Å². The second-order valence-electron chi connectivity index (χ2n) is 7.28. The summed E-state index contributed by atoms with van der Waals surface area (Å²) >= 11 is 0. The lowest BCUT2D eigenvalue weighted by Crippen LogP contribution is -2.25. The Balaban J connectivity index is 1.32. The number of hydrogen-bond donors (Lipinski definition) is 2. The fourth-order valence-corrected chi connectivity index (χ4v) is 3.21. The van der Waals surface area contributed by atoms with Gasteiger partial charge in [0.25, 0.3) is 11.8 Å². The van der Waals surface area contributed by atoms with Crippen LogP contribution in [0.2, 0.25) is 0 Å². The first-order valence-corrected chi connectivity index (χ1v) is 10.4. The van der Waals surface area contributed by atoms with Gasteiger partial charge in [0.15, 0.2) is 18.1 Å². The summed E-state index contributed by atoms with van der Waals surface area (Å²) in [6.07, 6.45) is 0. The number of fused-ring (bicyclic) bond motifs is 1. The summed E-state index contributed by atoms with van der Waals surface area (Å²) < 4.78 is 10.6. The van der Waals surface area contributed by atoms with Crippen molar-refractivity contribution in [2.75, 3.05) is 18.7 Å². The Morgan fingerprint density at radius 2 is 1.73 bits per heavy atom. The van der Waals surface area contributed by atoms with E-state index < -0.39 is 5.91 Å². The number of para-hydroxylation sites is 1. The minimum atomic E-state index is -0.430. The third kappa shape index (κ3) is 5.68. The molecule has 0 bridgehead atoms. The molecule has 0 saturated heterocycles. The lowest BCUT2D eigenvalue weighted by Gasteiger charge is -2.11. The van der Waals surface area contributed by atoms with Gasteiger partial charge in [-0.1, -0.05) is 47.6 Å². The number of rotatable bonds is 8. The molecule has 0 unspecified atom stereocenters. The van der Waals surface area contributed by atoms with Crippen LogP contribution in [-0.4, -0.2) is 30.9 Å². The molecule has 0 fully saturated rings. The molecule has 0 aromatic heterocycles. The van der Waals surface area contributed by atoms with Crippen LogP contribution in [0.15, 0.2) is 78.0 Å². The Bertz CT molecular complexity index is 1180. The van der Waals surface area contributed by atoms with Crippen LogP contribution >= 0.6 is 0 Å². The first-order valence-electron chi connectivity index (χ1n) is 10.4. The van der Waals surface area contributed by atoms with Crippen molar-refractivity contribution in [2.45, 2.75) is 13.5 Å². The van der Waals surface area contributed by atoms with Gasteiger partial charge in [-0.05, 0) is 42.8 Å². The number of nitrogens with zero attached hydrogens (tertiary/aromatic N) is 1. The van der Waals surface area contributed by atoms with Crippen molar-refractivity contribution < 1.29 is 23.9 Å². The topological polar surface area (TPSA) is 98.2 Å². The smallest absolute Gasteiger partial charge is 0.265 e. The van der Waals surface area contributed by atoms with Crippen molar-refractivity contribution in [2.24, 2.45) is 5.16 Å². The number of oxime groups is 1. The van der Waals surface area contributed by atoms with Crippen LogP contribution in [0.1, 0.15) is 28.4 Å². The Kier molecular flexibility index (Phi) is 6.84. The Morgan fingerprint density at radius 1 is 0.970 bits per heavy atom. The van der Waals surface area contributed by atoms with Gasteiger partial charge >= 0.3 is 0 Å². The van der Waals surface area contributed by atoms with Crippen LogP contribution in [0.4, 0.5) is 5.69 Å². The van der Waals surface area contributed by atoms with Gasteiger partial charge in [0.2, 0.25) is 6.79 Å². The summed E-state index contributed by atoms with van der Waals surface area (Å²) in [7, 11) is 0. The van der Waals surface area contributed by atoms with Crippen molar-refractivity contribution in [3.8, 4) is 11.5 Å². The first kappa shape index (κ1) is 21.9. The first-order chi connectivity index (χ1) is 16.1.